The Morgan fingerprint density at radius 1 is 1.08 bits per heavy atom. The topological polar surface area (TPSA) is 72.3 Å². The van der Waals surface area contributed by atoms with Gasteiger partial charge in [0.05, 0.1) is 11.4 Å². The first kappa shape index (κ1) is 19.2. The van der Waals surface area contributed by atoms with Gasteiger partial charge in [-0.25, -0.2) is 0 Å². The Morgan fingerprint density at radius 2 is 1.80 bits per heavy atom. The molecular formula is C18H26N6S. The monoisotopic (exact) mass is 358 g/mol. The molecule has 0 atom stereocenters. The maximum absolute atomic E-state index is 4.67. The summed E-state index contributed by atoms with van der Waals surface area (Å²) in [5.41, 5.74) is 9.78. The average Bonchev–Trinajstić information content (AvgIpc) is 2.99. The van der Waals surface area contributed by atoms with Gasteiger partial charge in [-0.2, -0.15) is 9.61 Å². The molecule has 2 N–H and O–H groups in total. The minimum absolute atomic E-state index is 0.425. The van der Waals surface area contributed by atoms with E-state index in [0.717, 1.165) is 22.7 Å². The maximum atomic E-state index is 4.67. The first-order chi connectivity index (χ1) is 12.0. The van der Waals surface area contributed by atoms with Crippen molar-refractivity contribution in [1.82, 2.24) is 19.8 Å². The predicted molar refractivity (Wildman–Crippen MR) is 107 cm³/mol. The summed E-state index contributed by atoms with van der Waals surface area (Å²) in [6, 6.07) is 10.9. The first-order valence-electron chi connectivity index (χ1n) is 8.22. The third kappa shape index (κ3) is 3.93. The Balaban J connectivity index is 0.00000109. The number of rotatable bonds is 4. The molecule has 1 aromatic carbocycles. The van der Waals surface area contributed by atoms with Crippen molar-refractivity contribution in [1.29, 1.82) is 0 Å². The van der Waals surface area contributed by atoms with Crippen molar-refractivity contribution in [2.24, 2.45) is 5.73 Å². The molecule has 25 heavy (non-hydrogen) atoms. The number of fused-ring (bicyclic) bond motifs is 1. The summed E-state index contributed by atoms with van der Waals surface area (Å²) in [6.07, 6.45) is 2.11. The fourth-order valence-electron chi connectivity index (χ4n) is 2.64. The molecule has 0 fully saturated rings. The van der Waals surface area contributed by atoms with Gasteiger partial charge in [-0.15, -0.1) is 10.2 Å². The van der Waals surface area contributed by atoms with Crippen LogP contribution >= 0.6 is 11.9 Å². The molecule has 0 aliphatic carbocycles. The Labute approximate surface area is 153 Å². The molecule has 7 heteroatoms. The van der Waals surface area contributed by atoms with E-state index in [1.165, 1.54) is 18.3 Å². The summed E-state index contributed by atoms with van der Waals surface area (Å²) in [5, 5.41) is 12.8. The Kier molecular flexibility index (Phi) is 6.39. The lowest BCUT2D eigenvalue weighted by Gasteiger charge is -2.28. The SMILES string of the molecule is CN.CSN(c1cc(-c2ccc3nnc(C)n3n2)ccc1C)C(C)C. The molecule has 3 aromatic rings. The van der Waals surface area contributed by atoms with E-state index >= 15 is 0 Å². The van der Waals surface area contributed by atoms with Crippen LogP contribution in [0.15, 0.2) is 30.3 Å². The summed E-state index contributed by atoms with van der Waals surface area (Å²) in [5.74, 6) is 0.794. The van der Waals surface area contributed by atoms with Crippen molar-refractivity contribution >= 4 is 23.3 Å². The van der Waals surface area contributed by atoms with Crippen molar-refractivity contribution in [2.75, 3.05) is 17.6 Å². The molecule has 0 unspecified atom stereocenters. The van der Waals surface area contributed by atoms with Gasteiger partial charge in [0.15, 0.2) is 11.5 Å². The van der Waals surface area contributed by atoms with E-state index in [2.05, 4.69) is 70.6 Å². The van der Waals surface area contributed by atoms with Crippen LogP contribution in [0.4, 0.5) is 5.69 Å². The molecule has 0 amide bonds. The van der Waals surface area contributed by atoms with Crippen LogP contribution in [0.3, 0.4) is 0 Å². The molecule has 0 saturated carbocycles. The quantitative estimate of drug-likeness (QED) is 0.720. The second kappa shape index (κ2) is 8.31. The molecule has 0 bridgehead atoms. The fraction of sp³-hybridized carbons (Fsp3) is 0.389. The standard InChI is InChI=1S/C17H21N5S.CH5N/c1-11(2)22(23-5)16-10-14(7-6-12(16)3)15-8-9-17-19-18-13(4)21(17)20-15;1-2/h6-11H,1-5H3;2H2,1H3. The van der Waals surface area contributed by atoms with Gasteiger partial charge in [-0.05, 0) is 58.5 Å². The fourth-order valence-corrected chi connectivity index (χ4v) is 3.46. The normalized spacial score (nSPS) is 10.7. The smallest absolute Gasteiger partial charge is 0.177 e. The Hall–Kier alpha value is -2.12. The number of benzene rings is 1. The highest BCUT2D eigenvalue weighted by atomic mass is 32.2. The van der Waals surface area contributed by atoms with Gasteiger partial charge in [0.25, 0.3) is 0 Å². The number of aryl methyl sites for hydroxylation is 2. The molecule has 0 aliphatic heterocycles. The van der Waals surface area contributed by atoms with E-state index < -0.39 is 0 Å². The van der Waals surface area contributed by atoms with Gasteiger partial charge in [-0.1, -0.05) is 24.1 Å². The van der Waals surface area contributed by atoms with Crippen LogP contribution in [-0.2, 0) is 0 Å². The van der Waals surface area contributed by atoms with Crippen molar-refractivity contribution < 1.29 is 0 Å². The van der Waals surface area contributed by atoms with Crippen molar-refractivity contribution in [3.05, 3.63) is 41.7 Å². The van der Waals surface area contributed by atoms with Crippen molar-refractivity contribution in [2.45, 2.75) is 33.7 Å². The predicted octanol–water partition coefficient (Wildman–Crippen LogP) is 3.48. The zero-order chi connectivity index (χ0) is 18.6. The lowest BCUT2D eigenvalue weighted by molar-refractivity contribution is 0.835. The third-order valence-electron chi connectivity index (χ3n) is 3.83. The van der Waals surface area contributed by atoms with Gasteiger partial charge < -0.3 is 10.0 Å². The van der Waals surface area contributed by atoms with Crippen LogP contribution in [0, 0.1) is 13.8 Å². The number of aromatic nitrogens is 4. The molecule has 134 valence electrons. The largest absolute Gasteiger partial charge is 0.333 e. The van der Waals surface area contributed by atoms with Gasteiger partial charge in [-0.3, -0.25) is 0 Å². The molecule has 0 radical (unpaired) electrons. The molecule has 3 rings (SSSR count). The van der Waals surface area contributed by atoms with E-state index in [9.17, 15) is 0 Å². The highest BCUT2D eigenvalue weighted by Gasteiger charge is 2.14. The van der Waals surface area contributed by atoms with Gasteiger partial charge in [0.1, 0.15) is 0 Å². The molecule has 0 saturated heterocycles. The van der Waals surface area contributed by atoms with E-state index in [-0.39, 0.29) is 0 Å². The number of anilines is 1. The van der Waals surface area contributed by atoms with Crippen LogP contribution in [0.2, 0.25) is 0 Å². The second-order valence-electron chi connectivity index (χ2n) is 5.84. The highest BCUT2D eigenvalue weighted by Crippen LogP contribution is 2.31. The van der Waals surface area contributed by atoms with Crippen LogP contribution in [0.5, 0.6) is 0 Å². The summed E-state index contributed by atoms with van der Waals surface area (Å²) in [7, 11) is 1.50. The van der Waals surface area contributed by atoms with Gasteiger partial charge in [0, 0.05) is 17.9 Å². The van der Waals surface area contributed by atoms with Gasteiger partial charge in [0.2, 0.25) is 0 Å². The first-order valence-corrected chi connectivity index (χ1v) is 9.40. The van der Waals surface area contributed by atoms with E-state index in [1.807, 2.05) is 19.1 Å². The molecule has 0 spiro atoms. The minimum atomic E-state index is 0.425. The zero-order valence-electron chi connectivity index (χ0n) is 15.7. The average molecular weight is 359 g/mol. The van der Waals surface area contributed by atoms with Crippen LogP contribution in [-0.4, -0.2) is 39.2 Å². The van der Waals surface area contributed by atoms with Gasteiger partial charge >= 0.3 is 0 Å². The van der Waals surface area contributed by atoms with E-state index in [1.54, 1.807) is 16.5 Å². The lowest BCUT2D eigenvalue weighted by atomic mass is 10.1. The summed E-state index contributed by atoms with van der Waals surface area (Å²) >= 11 is 1.74. The summed E-state index contributed by atoms with van der Waals surface area (Å²) < 4.78 is 4.10. The van der Waals surface area contributed by atoms with Crippen molar-refractivity contribution in [3.63, 3.8) is 0 Å². The molecular weight excluding hydrogens is 332 g/mol. The number of nitrogens with zero attached hydrogens (tertiary/aromatic N) is 5. The molecule has 6 nitrogen and oxygen atoms in total. The van der Waals surface area contributed by atoms with Crippen molar-refractivity contribution in [3.8, 4) is 11.3 Å². The van der Waals surface area contributed by atoms with Crippen LogP contribution < -0.4 is 10.0 Å². The third-order valence-corrected chi connectivity index (χ3v) is 4.84. The Bertz CT molecular complexity index is 843. The second-order valence-corrected chi connectivity index (χ2v) is 6.60. The number of hydrogen-bond acceptors (Lipinski definition) is 6. The molecule has 0 aliphatic rings. The number of nitrogens with two attached hydrogens (primary N) is 1. The van der Waals surface area contributed by atoms with Crippen LogP contribution in [0.25, 0.3) is 16.9 Å². The highest BCUT2D eigenvalue weighted by molar-refractivity contribution is 8.00. The van der Waals surface area contributed by atoms with E-state index in [4.69, 9.17) is 0 Å². The lowest BCUT2D eigenvalue weighted by Crippen LogP contribution is -2.23. The molecule has 2 heterocycles. The maximum Gasteiger partial charge on any atom is 0.177 e. The van der Waals surface area contributed by atoms with Crippen LogP contribution in [0.1, 0.15) is 25.2 Å². The summed E-state index contributed by atoms with van der Waals surface area (Å²) in [4.78, 5) is 0. The summed E-state index contributed by atoms with van der Waals surface area (Å²) in [6.45, 7) is 8.46. The number of hydrogen-bond donors (Lipinski definition) is 1. The minimum Gasteiger partial charge on any atom is -0.333 e. The zero-order valence-corrected chi connectivity index (χ0v) is 16.5. The molecule has 2 aromatic heterocycles. The Morgan fingerprint density at radius 3 is 2.44 bits per heavy atom. The van der Waals surface area contributed by atoms with E-state index in [0.29, 0.717) is 6.04 Å².